The van der Waals surface area contributed by atoms with Crippen molar-refractivity contribution in [1.82, 2.24) is 5.32 Å². The minimum Gasteiger partial charge on any atom is -0.465 e. The van der Waals surface area contributed by atoms with Gasteiger partial charge in [0.05, 0.1) is 13.2 Å². The molecule has 0 spiro atoms. The van der Waals surface area contributed by atoms with Gasteiger partial charge in [0.1, 0.15) is 6.04 Å². The Labute approximate surface area is 133 Å². The number of carbonyl (C=O) groups is 3. The van der Waals surface area contributed by atoms with Crippen molar-refractivity contribution >= 4 is 18.3 Å². The molecular weight excluding hydrogens is 314 g/mol. The zero-order valence-electron chi connectivity index (χ0n) is 13.1. The maximum atomic E-state index is 13.4. The van der Waals surface area contributed by atoms with Crippen LogP contribution < -0.4 is 11.1 Å². The van der Waals surface area contributed by atoms with Crippen LogP contribution in [0.1, 0.15) is 26.7 Å². The molecule has 2 unspecified atom stereocenters. The molecule has 0 fully saturated rings. The third-order valence-electron chi connectivity index (χ3n) is 2.96. The van der Waals surface area contributed by atoms with Gasteiger partial charge in [-0.1, -0.05) is 12.2 Å². The van der Waals surface area contributed by atoms with E-state index >= 15 is 0 Å². The number of hydrogen-bond acceptors (Lipinski definition) is 6. The first-order valence-corrected chi connectivity index (χ1v) is 7.00. The molecule has 0 aromatic carbocycles. The Morgan fingerprint density at radius 2 is 1.87 bits per heavy atom. The Bertz CT molecular complexity index is 445. The van der Waals surface area contributed by atoms with Crippen molar-refractivity contribution in [2.75, 3.05) is 13.2 Å². The summed E-state index contributed by atoms with van der Waals surface area (Å²) >= 11 is 0. The van der Waals surface area contributed by atoms with Gasteiger partial charge >= 0.3 is 11.9 Å². The van der Waals surface area contributed by atoms with Gasteiger partial charge in [-0.25, -0.2) is 13.6 Å². The van der Waals surface area contributed by atoms with E-state index in [-0.39, 0.29) is 31.6 Å². The largest absolute Gasteiger partial charge is 0.465 e. The highest BCUT2D eigenvalue weighted by Crippen LogP contribution is 2.27. The molecule has 0 aliphatic carbocycles. The Balaban J connectivity index is 5.14. The number of nitrogens with one attached hydrogen (secondary N) is 1. The van der Waals surface area contributed by atoms with E-state index in [0.29, 0.717) is 0 Å². The second-order valence-electron chi connectivity index (χ2n) is 4.74. The van der Waals surface area contributed by atoms with Gasteiger partial charge in [-0.05, 0) is 20.3 Å². The molecule has 132 valence electrons. The summed E-state index contributed by atoms with van der Waals surface area (Å²) in [7, 11) is 0. The predicted octanol–water partition coefficient (Wildman–Crippen LogP) is 0.526. The Kier molecular flexibility index (Phi) is 9.01. The van der Waals surface area contributed by atoms with Gasteiger partial charge in [0.2, 0.25) is 11.9 Å². The van der Waals surface area contributed by atoms with Crippen molar-refractivity contribution in [3.8, 4) is 0 Å². The van der Waals surface area contributed by atoms with E-state index in [1.165, 1.54) is 6.92 Å². The van der Waals surface area contributed by atoms with E-state index in [1.807, 2.05) is 5.32 Å². The molecule has 0 radical (unpaired) electrons. The van der Waals surface area contributed by atoms with Crippen molar-refractivity contribution in [3.05, 3.63) is 12.2 Å². The first kappa shape index (κ1) is 21.0. The van der Waals surface area contributed by atoms with Crippen LogP contribution in [-0.2, 0) is 23.9 Å². The normalized spacial score (nSPS) is 14.5. The maximum Gasteiger partial charge on any atom is 0.338 e. The van der Waals surface area contributed by atoms with Gasteiger partial charge in [-0.2, -0.15) is 0 Å². The predicted molar refractivity (Wildman–Crippen MR) is 77.6 cm³/mol. The molecule has 9 heteroatoms. The lowest BCUT2D eigenvalue weighted by Crippen LogP contribution is -2.58. The second-order valence-corrected chi connectivity index (χ2v) is 4.74. The third kappa shape index (κ3) is 5.93. The number of amides is 1. The van der Waals surface area contributed by atoms with Crippen LogP contribution >= 0.6 is 0 Å². The maximum absolute atomic E-state index is 13.4. The monoisotopic (exact) mass is 336 g/mol. The molecule has 1 amide bonds. The minimum absolute atomic E-state index is 0.0123. The highest BCUT2D eigenvalue weighted by Gasteiger charge is 2.49. The van der Waals surface area contributed by atoms with Crippen LogP contribution in [0.3, 0.4) is 0 Å². The number of esters is 2. The standard InChI is InChI=1S/C14H22F2N2O5/c1-4-22-11(20)10(17)6-9(3)7-14(12(15)16,18-8-19)13(21)23-5-2/h8,10,12H,3-7,17H2,1-2H3,(H,18,19). The van der Waals surface area contributed by atoms with Crippen molar-refractivity contribution in [3.63, 3.8) is 0 Å². The van der Waals surface area contributed by atoms with Crippen molar-refractivity contribution in [2.24, 2.45) is 5.73 Å². The van der Waals surface area contributed by atoms with Crippen molar-refractivity contribution in [2.45, 2.75) is 44.7 Å². The molecular formula is C14H22F2N2O5. The molecule has 0 aliphatic rings. The van der Waals surface area contributed by atoms with Crippen LogP contribution in [-0.4, -0.2) is 49.6 Å². The lowest BCUT2D eigenvalue weighted by molar-refractivity contribution is -0.159. The topological polar surface area (TPSA) is 108 Å². The second kappa shape index (κ2) is 9.88. The number of nitrogens with two attached hydrogens (primary N) is 1. The lowest BCUT2D eigenvalue weighted by atomic mass is 9.89. The van der Waals surface area contributed by atoms with E-state index in [1.54, 1.807) is 6.92 Å². The molecule has 0 rings (SSSR count). The number of hydrogen-bond donors (Lipinski definition) is 2. The summed E-state index contributed by atoms with van der Waals surface area (Å²) < 4.78 is 36.1. The minimum atomic E-state index is -3.23. The quantitative estimate of drug-likeness (QED) is 0.324. The van der Waals surface area contributed by atoms with Gasteiger partial charge in [-0.15, -0.1) is 0 Å². The summed E-state index contributed by atoms with van der Waals surface area (Å²) in [5.74, 6) is -2.00. The van der Waals surface area contributed by atoms with Crippen LogP contribution in [0.15, 0.2) is 12.2 Å². The van der Waals surface area contributed by atoms with Gasteiger partial charge in [0.25, 0.3) is 6.43 Å². The van der Waals surface area contributed by atoms with Crippen LogP contribution in [0.4, 0.5) is 8.78 Å². The number of ether oxygens (including phenoxy) is 2. The number of carbonyl (C=O) groups excluding carboxylic acids is 3. The van der Waals surface area contributed by atoms with E-state index in [4.69, 9.17) is 10.5 Å². The van der Waals surface area contributed by atoms with Crippen LogP contribution in [0.5, 0.6) is 0 Å². The molecule has 2 atom stereocenters. The fourth-order valence-electron chi connectivity index (χ4n) is 1.89. The summed E-state index contributed by atoms with van der Waals surface area (Å²) in [4.78, 5) is 34.0. The van der Waals surface area contributed by atoms with Crippen LogP contribution in [0, 0.1) is 0 Å². The number of alkyl halides is 2. The lowest BCUT2D eigenvalue weighted by Gasteiger charge is -2.31. The molecule has 3 N–H and O–H groups in total. The van der Waals surface area contributed by atoms with E-state index in [0.717, 1.165) is 0 Å². The Morgan fingerprint density at radius 3 is 2.30 bits per heavy atom. The first-order valence-electron chi connectivity index (χ1n) is 7.00. The van der Waals surface area contributed by atoms with E-state index < -0.39 is 36.4 Å². The summed E-state index contributed by atoms with van der Waals surface area (Å²) in [6.45, 7) is 6.57. The molecule has 0 aromatic heterocycles. The summed E-state index contributed by atoms with van der Waals surface area (Å²) in [6, 6.07) is -1.10. The Hall–Kier alpha value is -2.03. The average Bonchev–Trinajstić information content (AvgIpc) is 2.46. The molecule has 0 heterocycles. The van der Waals surface area contributed by atoms with Gasteiger partial charge < -0.3 is 20.5 Å². The van der Waals surface area contributed by atoms with Crippen molar-refractivity contribution in [1.29, 1.82) is 0 Å². The van der Waals surface area contributed by atoms with Crippen molar-refractivity contribution < 1.29 is 32.6 Å². The molecule has 23 heavy (non-hydrogen) atoms. The summed E-state index contributed by atoms with van der Waals surface area (Å²) in [5, 5.41) is 1.82. The van der Waals surface area contributed by atoms with E-state index in [9.17, 15) is 23.2 Å². The van der Waals surface area contributed by atoms with Crippen LogP contribution in [0.2, 0.25) is 0 Å². The fraction of sp³-hybridized carbons (Fsp3) is 0.643. The molecule has 0 saturated carbocycles. The smallest absolute Gasteiger partial charge is 0.338 e. The fourth-order valence-corrected chi connectivity index (χ4v) is 1.89. The van der Waals surface area contributed by atoms with Gasteiger partial charge in [0.15, 0.2) is 0 Å². The zero-order valence-corrected chi connectivity index (χ0v) is 13.1. The molecule has 7 nitrogen and oxygen atoms in total. The number of rotatable bonds is 11. The zero-order chi connectivity index (χ0) is 18.0. The number of halogens is 2. The SMILES string of the molecule is C=C(CC(N)C(=O)OCC)CC(NC=O)(C(=O)OCC)C(F)F. The molecule has 0 aromatic rings. The van der Waals surface area contributed by atoms with Gasteiger partial charge in [-0.3, -0.25) is 9.59 Å². The molecule has 0 aliphatic heterocycles. The van der Waals surface area contributed by atoms with Gasteiger partial charge in [0, 0.05) is 6.42 Å². The molecule has 0 bridgehead atoms. The summed E-state index contributed by atoms with van der Waals surface area (Å²) in [6.07, 6.45) is -4.04. The highest BCUT2D eigenvalue weighted by atomic mass is 19.3. The van der Waals surface area contributed by atoms with E-state index in [2.05, 4.69) is 11.3 Å². The Morgan fingerprint density at radius 1 is 1.30 bits per heavy atom. The average molecular weight is 336 g/mol. The summed E-state index contributed by atoms with van der Waals surface area (Å²) in [5.41, 5.74) is 3.09. The van der Waals surface area contributed by atoms with Crippen LogP contribution in [0.25, 0.3) is 0 Å². The molecule has 0 saturated heterocycles. The first-order chi connectivity index (χ1) is 10.7. The highest BCUT2D eigenvalue weighted by molar-refractivity contribution is 5.84. The third-order valence-corrected chi connectivity index (χ3v) is 2.96.